The first-order valence-electron chi connectivity index (χ1n) is 12.4. The van der Waals surface area contributed by atoms with Gasteiger partial charge in [0.05, 0.1) is 6.10 Å². The molecule has 0 aromatic rings. The Hall–Kier alpha value is -0.0400. The molecule has 0 saturated carbocycles. The molecule has 0 spiro atoms. The van der Waals surface area contributed by atoms with Crippen LogP contribution in [0.4, 0.5) is 0 Å². The lowest BCUT2D eigenvalue weighted by Gasteiger charge is -2.18. The van der Waals surface area contributed by atoms with Crippen LogP contribution in [0, 0.1) is 5.92 Å². The van der Waals surface area contributed by atoms with E-state index in [1.165, 1.54) is 122 Å². The third kappa shape index (κ3) is 18.7. The highest BCUT2D eigenvalue weighted by Crippen LogP contribution is 2.19. The van der Waals surface area contributed by atoms with Gasteiger partial charge < -0.3 is 5.11 Å². The van der Waals surface area contributed by atoms with Crippen LogP contribution >= 0.6 is 0 Å². The lowest BCUT2D eigenvalue weighted by Crippen LogP contribution is -2.17. The average molecular weight is 369 g/mol. The summed E-state index contributed by atoms with van der Waals surface area (Å²) in [7, 11) is 0. The van der Waals surface area contributed by atoms with Crippen molar-refractivity contribution in [2.45, 2.75) is 155 Å². The van der Waals surface area contributed by atoms with Gasteiger partial charge in [-0.25, -0.2) is 0 Å². The number of aliphatic hydroxyl groups excluding tert-OH is 1. The molecule has 2 unspecified atom stereocenters. The van der Waals surface area contributed by atoms with Crippen LogP contribution in [0.3, 0.4) is 0 Å². The Morgan fingerprint density at radius 1 is 0.462 bits per heavy atom. The van der Waals surface area contributed by atoms with Gasteiger partial charge in [-0.3, -0.25) is 0 Å². The summed E-state index contributed by atoms with van der Waals surface area (Å²) in [5, 5.41) is 10.2. The van der Waals surface area contributed by atoms with Crippen LogP contribution in [0.2, 0.25) is 0 Å². The van der Waals surface area contributed by atoms with E-state index in [0.717, 1.165) is 6.42 Å². The van der Waals surface area contributed by atoms with Crippen molar-refractivity contribution in [3.63, 3.8) is 0 Å². The van der Waals surface area contributed by atoms with Crippen LogP contribution in [-0.2, 0) is 0 Å². The fraction of sp³-hybridized carbons (Fsp3) is 1.00. The number of hydrogen-bond donors (Lipinski definition) is 1. The summed E-state index contributed by atoms with van der Waals surface area (Å²) in [5.74, 6) is 0.494. The molecule has 1 heteroatoms. The topological polar surface area (TPSA) is 20.2 Å². The summed E-state index contributed by atoms with van der Waals surface area (Å²) in [6.45, 7) is 6.76. The van der Waals surface area contributed by atoms with Gasteiger partial charge in [-0.1, -0.05) is 136 Å². The molecule has 158 valence electrons. The molecule has 0 aromatic carbocycles. The molecule has 0 aliphatic carbocycles. The van der Waals surface area contributed by atoms with Crippen molar-refractivity contribution in [3.05, 3.63) is 0 Å². The second-order valence-electron chi connectivity index (χ2n) is 8.78. The first-order chi connectivity index (χ1) is 12.7. The maximum atomic E-state index is 10.2. The van der Waals surface area contributed by atoms with Gasteiger partial charge in [0.1, 0.15) is 0 Å². The van der Waals surface area contributed by atoms with Crippen LogP contribution in [0.25, 0.3) is 0 Å². The zero-order chi connectivity index (χ0) is 19.3. The van der Waals surface area contributed by atoms with Gasteiger partial charge in [-0.05, 0) is 18.8 Å². The van der Waals surface area contributed by atoms with E-state index in [2.05, 4.69) is 20.8 Å². The standard InChI is InChI=1S/C25H52O/c1-4-6-8-9-10-11-12-13-14-15-16-17-18-19-21-22-24(3)25(26)23-20-7-5-2/h24-26H,4-23H2,1-3H3. The van der Waals surface area contributed by atoms with Gasteiger partial charge in [0.25, 0.3) is 0 Å². The monoisotopic (exact) mass is 368 g/mol. The van der Waals surface area contributed by atoms with E-state index in [-0.39, 0.29) is 6.10 Å². The molecule has 0 fully saturated rings. The number of hydrogen-bond acceptors (Lipinski definition) is 1. The maximum absolute atomic E-state index is 10.2. The molecule has 0 radical (unpaired) electrons. The Bertz CT molecular complexity index is 251. The summed E-state index contributed by atoms with van der Waals surface area (Å²) in [4.78, 5) is 0. The summed E-state index contributed by atoms with van der Waals surface area (Å²) < 4.78 is 0. The quantitative estimate of drug-likeness (QED) is 0.201. The highest BCUT2D eigenvalue weighted by Gasteiger charge is 2.12. The smallest absolute Gasteiger partial charge is 0.0565 e. The lowest BCUT2D eigenvalue weighted by molar-refractivity contribution is 0.0986. The molecule has 1 nitrogen and oxygen atoms in total. The van der Waals surface area contributed by atoms with Crippen molar-refractivity contribution in [2.75, 3.05) is 0 Å². The van der Waals surface area contributed by atoms with Gasteiger partial charge >= 0.3 is 0 Å². The lowest BCUT2D eigenvalue weighted by atomic mass is 9.93. The molecule has 26 heavy (non-hydrogen) atoms. The van der Waals surface area contributed by atoms with E-state index in [4.69, 9.17) is 0 Å². The van der Waals surface area contributed by atoms with Gasteiger partial charge in [0.2, 0.25) is 0 Å². The summed E-state index contributed by atoms with van der Waals surface area (Å²) in [5.41, 5.74) is 0. The van der Waals surface area contributed by atoms with E-state index in [0.29, 0.717) is 5.92 Å². The van der Waals surface area contributed by atoms with E-state index in [1.807, 2.05) is 0 Å². The largest absolute Gasteiger partial charge is 0.393 e. The van der Waals surface area contributed by atoms with Gasteiger partial charge in [-0.15, -0.1) is 0 Å². The van der Waals surface area contributed by atoms with Crippen molar-refractivity contribution in [1.29, 1.82) is 0 Å². The molecule has 0 rings (SSSR count). The van der Waals surface area contributed by atoms with E-state index < -0.39 is 0 Å². The Balaban J connectivity index is 3.19. The second kappa shape index (κ2) is 21.3. The Kier molecular flexibility index (Phi) is 21.2. The van der Waals surface area contributed by atoms with Crippen LogP contribution in [-0.4, -0.2) is 11.2 Å². The van der Waals surface area contributed by atoms with Crippen molar-refractivity contribution in [2.24, 2.45) is 5.92 Å². The summed E-state index contributed by atoms with van der Waals surface area (Å²) >= 11 is 0. The molecular weight excluding hydrogens is 316 g/mol. The molecule has 0 aliphatic heterocycles. The zero-order valence-electron chi connectivity index (χ0n) is 18.7. The van der Waals surface area contributed by atoms with Crippen LogP contribution in [0.15, 0.2) is 0 Å². The summed E-state index contributed by atoms with van der Waals surface area (Å²) in [6.07, 6.45) is 27.3. The first kappa shape index (κ1) is 26.0. The fourth-order valence-electron chi connectivity index (χ4n) is 3.92. The van der Waals surface area contributed by atoms with Crippen molar-refractivity contribution < 1.29 is 5.11 Å². The molecule has 2 atom stereocenters. The van der Waals surface area contributed by atoms with Gasteiger partial charge in [0, 0.05) is 0 Å². The Morgan fingerprint density at radius 3 is 1.19 bits per heavy atom. The van der Waals surface area contributed by atoms with Crippen LogP contribution < -0.4 is 0 Å². The number of rotatable bonds is 21. The highest BCUT2D eigenvalue weighted by molar-refractivity contribution is 4.65. The van der Waals surface area contributed by atoms with E-state index in [9.17, 15) is 5.11 Å². The molecule has 1 N–H and O–H groups in total. The van der Waals surface area contributed by atoms with Crippen molar-refractivity contribution in [1.82, 2.24) is 0 Å². The predicted octanol–water partition coefficient (Wildman–Crippen LogP) is 8.83. The Morgan fingerprint density at radius 2 is 0.769 bits per heavy atom. The first-order valence-corrected chi connectivity index (χ1v) is 12.4. The maximum Gasteiger partial charge on any atom is 0.0565 e. The predicted molar refractivity (Wildman–Crippen MR) is 119 cm³/mol. The second-order valence-corrected chi connectivity index (χ2v) is 8.78. The third-order valence-corrected chi connectivity index (χ3v) is 6.02. The summed E-state index contributed by atoms with van der Waals surface area (Å²) in [6, 6.07) is 0. The van der Waals surface area contributed by atoms with E-state index >= 15 is 0 Å². The Labute approximate surface area is 166 Å². The van der Waals surface area contributed by atoms with Gasteiger partial charge in [-0.2, -0.15) is 0 Å². The van der Waals surface area contributed by atoms with Crippen molar-refractivity contribution >= 4 is 0 Å². The third-order valence-electron chi connectivity index (χ3n) is 6.02. The molecular formula is C25H52O. The minimum absolute atomic E-state index is 0.0619. The average Bonchev–Trinajstić information content (AvgIpc) is 2.64. The van der Waals surface area contributed by atoms with Crippen LogP contribution in [0.1, 0.15) is 149 Å². The van der Waals surface area contributed by atoms with Gasteiger partial charge in [0.15, 0.2) is 0 Å². The molecule has 0 heterocycles. The number of aliphatic hydroxyl groups is 1. The molecule has 0 amide bonds. The van der Waals surface area contributed by atoms with Crippen molar-refractivity contribution in [3.8, 4) is 0 Å². The molecule has 0 aromatic heterocycles. The highest BCUT2D eigenvalue weighted by atomic mass is 16.3. The van der Waals surface area contributed by atoms with Crippen LogP contribution in [0.5, 0.6) is 0 Å². The fourth-order valence-corrected chi connectivity index (χ4v) is 3.92. The zero-order valence-corrected chi connectivity index (χ0v) is 18.7. The normalized spacial score (nSPS) is 13.8. The molecule has 0 aliphatic rings. The minimum atomic E-state index is -0.0619. The minimum Gasteiger partial charge on any atom is -0.393 e. The SMILES string of the molecule is CCCCCCCCCCCCCCCCCC(C)C(O)CCCCC. The number of unbranched alkanes of at least 4 members (excludes halogenated alkanes) is 16. The molecule has 0 saturated heterocycles. The molecule has 0 bridgehead atoms. The van der Waals surface area contributed by atoms with E-state index in [1.54, 1.807) is 0 Å².